The molecular formula is C12H24BrN5O2S. The van der Waals surface area contributed by atoms with E-state index in [0.717, 1.165) is 32.5 Å². The van der Waals surface area contributed by atoms with Gasteiger partial charge in [0.15, 0.2) is 4.60 Å². The lowest BCUT2D eigenvalue weighted by Crippen LogP contribution is -2.34. The maximum absolute atomic E-state index is 12.3. The van der Waals surface area contributed by atoms with Crippen LogP contribution in [0.4, 0.5) is 0 Å². The number of hydrogen-bond donors (Lipinski definition) is 1. The Balaban J connectivity index is 2.56. The van der Waals surface area contributed by atoms with E-state index in [0.29, 0.717) is 0 Å². The van der Waals surface area contributed by atoms with Crippen LogP contribution in [-0.2, 0) is 17.1 Å². The average molecular weight is 382 g/mol. The average Bonchev–Trinajstić information content (AvgIpc) is 2.74. The smallest absolute Gasteiger partial charge is 0.260 e. The third kappa shape index (κ3) is 5.32. The predicted molar refractivity (Wildman–Crippen MR) is 85.5 cm³/mol. The second kappa shape index (κ2) is 8.21. The van der Waals surface area contributed by atoms with Crippen LogP contribution in [0.15, 0.2) is 9.63 Å². The normalized spacial score (nSPS) is 13.8. The van der Waals surface area contributed by atoms with Gasteiger partial charge in [-0.2, -0.15) is 0 Å². The summed E-state index contributed by atoms with van der Waals surface area (Å²) in [4.78, 5) is 2.32. The molecule has 1 atom stereocenters. The van der Waals surface area contributed by atoms with E-state index in [2.05, 4.69) is 49.7 Å². The van der Waals surface area contributed by atoms with E-state index in [1.807, 2.05) is 6.92 Å². The lowest BCUT2D eigenvalue weighted by molar-refractivity contribution is 0.293. The fraction of sp³-hybridized carbons (Fsp3) is 0.833. The van der Waals surface area contributed by atoms with Gasteiger partial charge in [0.1, 0.15) is 0 Å². The molecule has 1 aromatic heterocycles. The number of halogens is 1. The van der Waals surface area contributed by atoms with Gasteiger partial charge < -0.3 is 4.90 Å². The third-order valence-electron chi connectivity index (χ3n) is 3.35. The van der Waals surface area contributed by atoms with Crippen molar-refractivity contribution < 1.29 is 8.42 Å². The van der Waals surface area contributed by atoms with Gasteiger partial charge in [0, 0.05) is 13.1 Å². The first-order valence-electron chi connectivity index (χ1n) is 7.11. The fourth-order valence-electron chi connectivity index (χ4n) is 2.15. The monoisotopic (exact) mass is 381 g/mol. The topological polar surface area (TPSA) is 80.1 Å². The first kappa shape index (κ1) is 18.5. The zero-order valence-corrected chi connectivity index (χ0v) is 15.4. The van der Waals surface area contributed by atoms with Crippen LogP contribution >= 0.6 is 15.9 Å². The molecule has 1 heterocycles. The fourth-order valence-corrected chi connectivity index (χ4v) is 4.52. The van der Waals surface area contributed by atoms with Crippen molar-refractivity contribution in [3.63, 3.8) is 0 Å². The van der Waals surface area contributed by atoms with Crippen LogP contribution in [-0.4, -0.2) is 54.0 Å². The summed E-state index contributed by atoms with van der Waals surface area (Å²) in [5, 5.41) is 7.45. The first-order valence-corrected chi connectivity index (χ1v) is 9.39. The number of sulfonamides is 1. The van der Waals surface area contributed by atoms with Crippen molar-refractivity contribution in [1.29, 1.82) is 0 Å². The SMILES string of the molecule is CCN(CC)CCCC(C)NS(=O)(=O)c1c(Br)nnn1C. The summed E-state index contributed by atoms with van der Waals surface area (Å²) in [5.41, 5.74) is 0. The van der Waals surface area contributed by atoms with E-state index < -0.39 is 10.0 Å². The van der Waals surface area contributed by atoms with E-state index in [4.69, 9.17) is 0 Å². The van der Waals surface area contributed by atoms with Crippen molar-refractivity contribution in [2.45, 2.75) is 44.7 Å². The van der Waals surface area contributed by atoms with Gasteiger partial charge >= 0.3 is 0 Å². The van der Waals surface area contributed by atoms with Crippen LogP contribution in [0.1, 0.15) is 33.6 Å². The third-order valence-corrected chi connectivity index (χ3v) is 5.83. The molecular weight excluding hydrogens is 358 g/mol. The van der Waals surface area contributed by atoms with Crippen LogP contribution < -0.4 is 4.72 Å². The van der Waals surface area contributed by atoms with E-state index >= 15 is 0 Å². The Bertz CT molecular complexity index is 522. The molecule has 0 saturated heterocycles. The highest BCUT2D eigenvalue weighted by Crippen LogP contribution is 2.18. The van der Waals surface area contributed by atoms with Crippen molar-refractivity contribution in [2.75, 3.05) is 19.6 Å². The summed E-state index contributed by atoms with van der Waals surface area (Å²) in [6.45, 7) is 9.15. The first-order chi connectivity index (χ1) is 9.81. The molecule has 1 aromatic rings. The summed E-state index contributed by atoms with van der Waals surface area (Å²) in [6, 6.07) is -0.132. The minimum Gasteiger partial charge on any atom is -0.304 e. The molecule has 0 fully saturated rings. The highest BCUT2D eigenvalue weighted by molar-refractivity contribution is 9.10. The molecule has 0 aliphatic heterocycles. The second-order valence-corrected chi connectivity index (χ2v) is 7.38. The summed E-state index contributed by atoms with van der Waals surface area (Å²) in [5.74, 6) is 0. The zero-order chi connectivity index (χ0) is 16.0. The highest BCUT2D eigenvalue weighted by atomic mass is 79.9. The van der Waals surface area contributed by atoms with Gasteiger partial charge in [0.05, 0.1) is 0 Å². The minimum absolute atomic E-state index is 0.0538. The Morgan fingerprint density at radius 3 is 2.48 bits per heavy atom. The Labute approximate surface area is 135 Å². The molecule has 1 N–H and O–H groups in total. The maximum Gasteiger partial charge on any atom is 0.260 e. The molecule has 0 spiro atoms. The van der Waals surface area contributed by atoms with E-state index in [-0.39, 0.29) is 15.7 Å². The van der Waals surface area contributed by atoms with Crippen molar-refractivity contribution in [3.05, 3.63) is 4.60 Å². The molecule has 9 heteroatoms. The van der Waals surface area contributed by atoms with Crippen LogP contribution in [0.2, 0.25) is 0 Å². The van der Waals surface area contributed by atoms with Crippen molar-refractivity contribution in [1.82, 2.24) is 24.6 Å². The van der Waals surface area contributed by atoms with E-state index in [9.17, 15) is 8.42 Å². The van der Waals surface area contributed by atoms with Gasteiger partial charge in [-0.1, -0.05) is 19.1 Å². The summed E-state index contributed by atoms with van der Waals surface area (Å²) in [7, 11) is -2.06. The van der Waals surface area contributed by atoms with Crippen LogP contribution in [0.3, 0.4) is 0 Å². The van der Waals surface area contributed by atoms with Gasteiger partial charge in [-0.25, -0.2) is 17.8 Å². The molecule has 122 valence electrons. The molecule has 1 unspecified atom stereocenters. The zero-order valence-electron chi connectivity index (χ0n) is 13.0. The summed E-state index contributed by atoms with van der Waals surface area (Å²) in [6.07, 6.45) is 1.74. The van der Waals surface area contributed by atoms with E-state index in [1.54, 1.807) is 7.05 Å². The molecule has 0 saturated carbocycles. The molecule has 7 nitrogen and oxygen atoms in total. The minimum atomic E-state index is -3.61. The number of nitrogens with zero attached hydrogens (tertiary/aromatic N) is 4. The van der Waals surface area contributed by atoms with Gasteiger partial charge in [-0.15, -0.1) is 5.10 Å². The Kier molecular flexibility index (Phi) is 7.25. The molecule has 0 aliphatic rings. The van der Waals surface area contributed by atoms with Crippen LogP contribution in [0.25, 0.3) is 0 Å². The number of rotatable bonds is 9. The molecule has 21 heavy (non-hydrogen) atoms. The summed E-state index contributed by atoms with van der Waals surface area (Å²) < 4.78 is 28.8. The second-order valence-electron chi connectivity index (χ2n) is 5.00. The van der Waals surface area contributed by atoms with Crippen LogP contribution in [0.5, 0.6) is 0 Å². The van der Waals surface area contributed by atoms with Crippen molar-refractivity contribution in [3.8, 4) is 0 Å². The number of nitrogens with one attached hydrogen (secondary N) is 1. The summed E-state index contributed by atoms with van der Waals surface area (Å²) >= 11 is 3.11. The quantitative estimate of drug-likeness (QED) is 0.698. The van der Waals surface area contributed by atoms with Crippen molar-refractivity contribution >= 4 is 26.0 Å². The van der Waals surface area contributed by atoms with Gasteiger partial charge in [-0.05, 0) is 55.3 Å². The molecule has 0 amide bonds. The van der Waals surface area contributed by atoms with Gasteiger partial charge in [-0.3, -0.25) is 0 Å². The Morgan fingerprint density at radius 1 is 1.38 bits per heavy atom. The number of aryl methyl sites for hydroxylation is 1. The largest absolute Gasteiger partial charge is 0.304 e. The Hall–Kier alpha value is -0.510. The molecule has 0 aliphatic carbocycles. The molecule has 1 rings (SSSR count). The number of hydrogen-bond acceptors (Lipinski definition) is 5. The molecule has 0 radical (unpaired) electrons. The van der Waals surface area contributed by atoms with Gasteiger partial charge in [0.2, 0.25) is 5.03 Å². The number of aromatic nitrogens is 3. The lowest BCUT2D eigenvalue weighted by Gasteiger charge is -2.19. The van der Waals surface area contributed by atoms with Crippen LogP contribution in [0, 0.1) is 0 Å². The molecule has 0 bridgehead atoms. The Morgan fingerprint density at radius 2 is 2.00 bits per heavy atom. The lowest BCUT2D eigenvalue weighted by atomic mass is 10.2. The van der Waals surface area contributed by atoms with Gasteiger partial charge in [0.25, 0.3) is 10.0 Å². The van der Waals surface area contributed by atoms with E-state index in [1.165, 1.54) is 4.68 Å². The highest BCUT2D eigenvalue weighted by Gasteiger charge is 2.25. The molecule has 0 aromatic carbocycles. The predicted octanol–water partition coefficient (Wildman–Crippen LogP) is 1.37. The standard InChI is InChI=1S/C12H24BrN5O2S/c1-5-18(6-2)9-7-8-10(3)15-21(19,20)12-11(13)14-16-17(12)4/h10,15H,5-9H2,1-4H3. The van der Waals surface area contributed by atoms with Crippen molar-refractivity contribution in [2.24, 2.45) is 7.05 Å². The maximum atomic E-state index is 12.3.